The fourth-order valence-electron chi connectivity index (χ4n) is 2.10. The Morgan fingerprint density at radius 3 is 2.55 bits per heavy atom. The molecule has 2 aromatic rings. The average Bonchev–Trinajstić information content (AvgIpc) is 2.77. The van der Waals surface area contributed by atoms with E-state index in [1.807, 2.05) is 36.2 Å². The molecule has 1 amide bonds. The Hall–Kier alpha value is -1.55. The standard InChI is InChI=1S/C16H22N2OS/c1-10(16(2,3)4)18(5)15(19)14-9-11-8-12(17)6-7-13(11)20-14/h6-10H,17H2,1-5H3. The third-order valence-corrected chi connectivity index (χ3v) is 5.01. The summed E-state index contributed by atoms with van der Waals surface area (Å²) in [5.41, 5.74) is 6.57. The molecule has 1 unspecified atom stereocenters. The zero-order valence-corrected chi connectivity index (χ0v) is 13.5. The molecule has 0 fully saturated rings. The van der Waals surface area contributed by atoms with Crippen LogP contribution < -0.4 is 5.73 Å². The first-order valence-electron chi connectivity index (χ1n) is 6.76. The maximum atomic E-state index is 12.6. The maximum Gasteiger partial charge on any atom is 0.263 e. The van der Waals surface area contributed by atoms with Gasteiger partial charge in [-0.05, 0) is 42.0 Å². The van der Waals surface area contributed by atoms with Gasteiger partial charge in [0, 0.05) is 23.5 Å². The molecular weight excluding hydrogens is 268 g/mol. The largest absolute Gasteiger partial charge is 0.399 e. The first-order chi connectivity index (χ1) is 9.20. The van der Waals surface area contributed by atoms with Gasteiger partial charge in [-0.1, -0.05) is 20.8 Å². The molecular formula is C16H22N2OS. The maximum absolute atomic E-state index is 12.6. The van der Waals surface area contributed by atoms with E-state index in [9.17, 15) is 4.79 Å². The minimum absolute atomic E-state index is 0.0610. The van der Waals surface area contributed by atoms with E-state index in [2.05, 4.69) is 27.7 Å². The number of hydrogen-bond acceptors (Lipinski definition) is 3. The monoisotopic (exact) mass is 290 g/mol. The summed E-state index contributed by atoms with van der Waals surface area (Å²) in [7, 11) is 1.87. The van der Waals surface area contributed by atoms with Gasteiger partial charge >= 0.3 is 0 Å². The second kappa shape index (κ2) is 5.09. The van der Waals surface area contributed by atoms with Gasteiger partial charge in [-0.25, -0.2) is 0 Å². The highest BCUT2D eigenvalue weighted by Crippen LogP contribution is 2.30. The third-order valence-electron chi connectivity index (χ3n) is 3.91. The van der Waals surface area contributed by atoms with Crippen molar-refractivity contribution in [2.75, 3.05) is 12.8 Å². The van der Waals surface area contributed by atoms with E-state index >= 15 is 0 Å². The van der Waals surface area contributed by atoms with Gasteiger partial charge in [-0.2, -0.15) is 0 Å². The molecule has 0 radical (unpaired) electrons. The molecule has 2 N–H and O–H groups in total. The van der Waals surface area contributed by atoms with E-state index < -0.39 is 0 Å². The molecule has 0 saturated carbocycles. The summed E-state index contributed by atoms with van der Waals surface area (Å²) in [5.74, 6) is 0.0761. The van der Waals surface area contributed by atoms with Crippen LogP contribution in [0.3, 0.4) is 0 Å². The molecule has 1 aromatic carbocycles. The number of carbonyl (C=O) groups excluding carboxylic acids is 1. The van der Waals surface area contributed by atoms with Gasteiger partial charge in [0.15, 0.2) is 0 Å². The molecule has 0 bridgehead atoms. The molecule has 108 valence electrons. The minimum Gasteiger partial charge on any atom is -0.399 e. The SMILES string of the molecule is CC(N(C)C(=O)c1cc2cc(N)ccc2s1)C(C)(C)C. The quantitative estimate of drug-likeness (QED) is 0.850. The van der Waals surface area contributed by atoms with Crippen molar-refractivity contribution in [3.8, 4) is 0 Å². The number of nitrogens with two attached hydrogens (primary N) is 1. The van der Waals surface area contributed by atoms with Crippen molar-refractivity contribution >= 4 is 33.0 Å². The van der Waals surface area contributed by atoms with E-state index in [4.69, 9.17) is 5.73 Å². The molecule has 20 heavy (non-hydrogen) atoms. The van der Waals surface area contributed by atoms with Crippen LogP contribution in [0.4, 0.5) is 5.69 Å². The topological polar surface area (TPSA) is 46.3 Å². The number of nitrogens with zero attached hydrogens (tertiary/aromatic N) is 1. The third kappa shape index (κ3) is 2.80. The number of benzene rings is 1. The number of rotatable bonds is 2. The molecule has 1 atom stereocenters. The van der Waals surface area contributed by atoms with Crippen molar-refractivity contribution in [2.45, 2.75) is 33.7 Å². The number of anilines is 1. The molecule has 0 saturated heterocycles. The molecule has 3 nitrogen and oxygen atoms in total. The molecule has 0 spiro atoms. The van der Waals surface area contributed by atoms with Crippen molar-refractivity contribution < 1.29 is 4.79 Å². The fourth-order valence-corrected chi connectivity index (χ4v) is 3.12. The summed E-state index contributed by atoms with van der Waals surface area (Å²) >= 11 is 1.52. The van der Waals surface area contributed by atoms with Crippen LogP contribution in [0, 0.1) is 5.41 Å². The molecule has 0 aliphatic carbocycles. The summed E-state index contributed by atoms with van der Waals surface area (Å²) in [4.78, 5) is 15.2. The highest BCUT2D eigenvalue weighted by molar-refractivity contribution is 7.20. The van der Waals surface area contributed by atoms with Gasteiger partial charge in [-0.3, -0.25) is 4.79 Å². The van der Waals surface area contributed by atoms with Crippen LogP contribution in [0.1, 0.15) is 37.4 Å². The minimum atomic E-state index is 0.0610. The predicted molar refractivity (Wildman–Crippen MR) is 87.2 cm³/mol. The zero-order chi connectivity index (χ0) is 15.1. The smallest absolute Gasteiger partial charge is 0.263 e. The Labute approximate surface area is 124 Å². The van der Waals surface area contributed by atoms with Gasteiger partial charge in [-0.15, -0.1) is 11.3 Å². The molecule has 1 heterocycles. The van der Waals surface area contributed by atoms with E-state index in [0.29, 0.717) is 0 Å². The van der Waals surface area contributed by atoms with Gasteiger partial charge in [0.05, 0.1) is 4.88 Å². The molecule has 0 aliphatic rings. The van der Waals surface area contributed by atoms with Crippen molar-refractivity contribution in [2.24, 2.45) is 5.41 Å². The number of thiophene rings is 1. The number of fused-ring (bicyclic) bond motifs is 1. The van der Waals surface area contributed by atoms with Crippen molar-refractivity contribution in [3.63, 3.8) is 0 Å². The Bertz CT molecular complexity index is 639. The number of hydrogen-bond donors (Lipinski definition) is 1. The summed E-state index contributed by atoms with van der Waals surface area (Å²) in [6.07, 6.45) is 0. The lowest BCUT2D eigenvalue weighted by Crippen LogP contribution is -2.42. The Morgan fingerprint density at radius 2 is 1.95 bits per heavy atom. The highest BCUT2D eigenvalue weighted by Gasteiger charge is 2.28. The van der Waals surface area contributed by atoms with Crippen molar-refractivity contribution in [3.05, 3.63) is 29.1 Å². The second-order valence-electron chi connectivity index (χ2n) is 6.37. The first-order valence-corrected chi connectivity index (χ1v) is 7.58. The average molecular weight is 290 g/mol. The summed E-state index contributed by atoms with van der Waals surface area (Å²) in [6, 6.07) is 7.86. The Balaban J connectivity index is 2.31. The Morgan fingerprint density at radius 1 is 1.30 bits per heavy atom. The Kier molecular flexibility index (Phi) is 3.78. The van der Waals surface area contributed by atoms with Crippen LogP contribution in [-0.2, 0) is 0 Å². The lowest BCUT2D eigenvalue weighted by atomic mass is 9.87. The van der Waals surface area contributed by atoms with Crippen LogP contribution in [-0.4, -0.2) is 23.9 Å². The van der Waals surface area contributed by atoms with Crippen LogP contribution >= 0.6 is 11.3 Å². The fraction of sp³-hybridized carbons (Fsp3) is 0.438. The number of amides is 1. The molecule has 4 heteroatoms. The molecule has 1 aromatic heterocycles. The van der Waals surface area contributed by atoms with Crippen LogP contribution in [0.15, 0.2) is 24.3 Å². The van der Waals surface area contributed by atoms with Crippen molar-refractivity contribution in [1.82, 2.24) is 4.90 Å². The van der Waals surface area contributed by atoms with Gasteiger partial charge in [0.2, 0.25) is 0 Å². The second-order valence-corrected chi connectivity index (χ2v) is 7.45. The highest BCUT2D eigenvalue weighted by atomic mass is 32.1. The van der Waals surface area contributed by atoms with Crippen LogP contribution in [0.25, 0.3) is 10.1 Å². The predicted octanol–water partition coefficient (Wildman–Crippen LogP) is 3.99. The lowest BCUT2D eigenvalue weighted by Gasteiger charge is -2.35. The van der Waals surface area contributed by atoms with E-state index in [0.717, 1.165) is 20.7 Å². The lowest BCUT2D eigenvalue weighted by molar-refractivity contribution is 0.0634. The summed E-state index contributed by atoms with van der Waals surface area (Å²) < 4.78 is 1.10. The van der Waals surface area contributed by atoms with Gasteiger partial charge in [0.25, 0.3) is 5.91 Å². The van der Waals surface area contributed by atoms with E-state index in [1.165, 1.54) is 11.3 Å². The number of nitrogen functional groups attached to an aromatic ring is 1. The molecule has 0 aliphatic heterocycles. The van der Waals surface area contributed by atoms with Gasteiger partial charge < -0.3 is 10.6 Å². The zero-order valence-electron chi connectivity index (χ0n) is 12.7. The normalized spacial score (nSPS) is 13.4. The van der Waals surface area contributed by atoms with E-state index in [1.54, 1.807) is 0 Å². The first kappa shape index (κ1) is 14.9. The summed E-state index contributed by atoms with van der Waals surface area (Å²) in [5, 5.41) is 1.04. The van der Waals surface area contributed by atoms with E-state index in [-0.39, 0.29) is 17.4 Å². The van der Waals surface area contributed by atoms with Crippen LogP contribution in [0.2, 0.25) is 0 Å². The summed E-state index contributed by atoms with van der Waals surface area (Å²) in [6.45, 7) is 8.52. The van der Waals surface area contributed by atoms with Crippen LogP contribution in [0.5, 0.6) is 0 Å². The molecule has 2 rings (SSSR count). The van der Waals surface area contributed by atoms with Crippen molar-refractivity contribution in [1.29, 1.82) is 0 Å². The van der Waals surface area contributed by atoms with Gasteiger partial charge in [0.1, 0.15) is 0 Å². The number of carbonyl (C=O) groups is 1.